The van der Waals surface area contributed by atoms with Crippen molar-refractivity contribution in [2.75, 3.05) is 0 Å². The number of hydrogen-bond acceptors (Lipinski definition) is 4. The second kappa shape index (κ2) is 5.75. The Kier molecular flexibility index (Phi) is 4.05. The summed E-state index contributed by atoms with van der Waals surface area (Å²) in [6.45, 7) is 3.26. The van der Waals surface area contributed by atoms with Gasteiger partial charge in [-0.1, -0.05) is 22.8 Å². The zero-order valence-corrected chi connectivity index (χ0v) is 11.6. The summed E-state index contributed by atoms with van der Waals surface area (Å²) in [5.74, 6) is -0.568. The second-order valence-electron chi connectivity index (χ2n) is 4.12. The molecule has 0 fully saturated rings. The van der Waals surface area contributed by atoms with Crippen LogP contribution in [0.25, 0.3) is 0 Å². The van der Waals surface area contributed by atoms with E-state index in [1.54, 1.807) is 32.0 Å². The molecule has 2 rings (SSSR count). The van der Waals surface area contributed by atoms with E-state index in [0.29, 0.717) is 27.6 Å². The molecular formula is C13H12ClN3O3. The molecule has 2 N–H and O–H groups in total. The molecule has 2 aromatic rings. The first-order valence-corrected chi connectivity index (χ1v) is 6.16. The topological polar surface area (TPSA) is 84.2 Å². The Bertz CT molecular complexity index is 647. The van der Waals surface area contributed by atoms with Crippen LogP contribution < -0.4 is 10.9 Å². The number of nitrogens with zero attached hydrogens (tertiary/aromatic N) is 1. The van der Waals surface area contributed by atoms with Gasteiger partial charge in [0.05, 0.1) is 5.69 Å². The number of benzene rings is 1. The van der Waals surface area contributed by atoms with Crippen LogP contribution in [0.3, 0.4) is 0 Å². The van der Waals surface area contributed by atoms with E-state index < -0.39 is 11.8 Å². The maximum absolute atomic E-state index is 11.9. The largest absolute Gasteiger partial charge is 0.361 e. The lowest BCUT2D eigenvalue weighted by molar-refractivity contribution is 0.0845. The predicted molar refractivity (Wildman–Crippen MR) is 72.4 cm³/mol. The van der Waals surface area contributed by atoms with E-state index in [0.717, 1.165) is 0 Å². The Morgan fingerprint density at radius 2 is 1.90 bits per heavy atom. The molecule has 104 valence electrons. The third-order valence-corrected chi connectivity index (χ3v) is 2.87. The van der Waals surface area contributed by atoms with Crippen molar-refractivity contribution in [3.8, 4) is 0 Å². The zero-order chi connectivity index (χ0) is 14.7. The van der Waals surface area contributed by atoms with Crippen molar-refractivity contribution in [3.05, 3.63) is 51.9 Å². The summed E-state index contributed by atoms with van der Waals surface area (Å²) in [6, 6.07) is 6.39. The minimum Gasteiger partial charge on any atom is -0.361 e. The highest BCUT2D eigenvalue weighted by molar-refractivity contribution is 6.30. The number of carbonyl (C=O) groups excluding carboxylic acids is 2. The number of aryl methyl sites for hydroxylation is 2. The van der Waals surface area contributed by atoms with Gasteiger partial charge in [0.2, 0.25) is 0 Å². The van der Waals surface area contributed by atoms with E-state index in [9.17, 15) is 9.59 Å². The molecule has 0 aliphatic carbocycles. The van der Waals surface area contributed by atoms with Crippen LogP contribution in [0, 0.1) is 13.8 Å². The smallest absolute Gasteiger partial charge is 0.275 e. The fraction of sp³-hybridized carbons (Fsp3) is 0.154. The summed E-state index contributed by atoms with van der Waals surface area (Å²) in [6.07, 6.45) is 0. The predicted octanol–water partition coefficient (Wildman–Crippen LogP) is 2.02. The monoisotopic (exact) mass is 293 g/mol. The average molecular weight is 294 g/mol. The number of carbonyl (C=O) groups is 2. The van der Waals surface area contributed by atoms with Crippen molar-refractivity contribution >= 4 is 23.4 Å². The van der Waals surface area contributed by atoms with Gasteiger partial charge in [-0.25, -0.2) is 0 Å². The average Bonchev–Trinajstić information content (AvgIpc) is 2.75. The SMILES string of the molecule is Cc1noc(C)c1C(=O)NNC(=O)c1cccc(Cl)c1. The molecule has 0 bridgehead atoms. The minimum absolute atomic E-state index is 0.302. The standard InChI is InChI=1S/C13H12ClN3O3/c1-7-11(8(2)20-17-7)13(19)16-15-12(18)9-4-3-5-10(14)6-9/h3-6H,1-2H3,(H,15,18)(H,16,19). The molecule has 0 aliphatic heterocycles. The van der Waals surface area contributed by atoms with Crippen LogP contribution in [0.5, 0.6) is 0 Å². The van der Waals surface area contributed by atoms with Crippen LogP contribution in [0.4, 0.5) is 0 Å². The lowest BCUT2D eigenvalue weighted by Crippen LogP contribution is -2.41. The van der Waals surface area contributed by atoms with E-state index in [4.69, 9.17) is 16.1 Å². The first kappa shape index (κ1) is 14.1. The highest BCUT2D eigenvalue weighted by Crippen LogP contribution is 2.12. The van der Waals surface area contributed by atoms with E-state index >= 15 is 0 Å². The van der Waals surface area contributed by atoms with Gasteiger partial charge < -0.3 is 4.52 Å². The fourth-order valence-electron chi connectivity index (χ4n) is 1.69. The molecule has 0 saturated heterocycles. The van der Waals surface area contributed by atoms with E-state index in [1.807, 2.05) is 0 Å². The molecular weight excluding hydrogens is 282 g/mol. The first-order valence-electron chi connectivity index (χ1n) is 5.78. The van der Waals surface area contributed by atoms with Crippen molar-refractivity contribution in [2.45, 2.75) is 13.8 Å². The van der Waals surface area contributed by atoms with E-state index in [2.05, 4.69) is 16.0 Å². The summed E-state index contributed by atoms with van der Waals surface area (Å²) in [5.41, 5.74) is 5.71. The van der Waals surface area contributed by atoms with Gasteiger partial charge in [0.25, 0.3) is 11.8 Å². The maximum Gasteiger partial charge on any atom is 0.275 e. The molecule has 1 heterocycles. The van der Waals surface area contributed by atoms with Crippen molar-refractivity contribution in [1.82, 2.24) is 16.0 Å². The molecule has 1 aromatic carbocycles. The Balaban J connectivity index is 2.02. The van der Waals surface area contributed by atoms with E-state index in [1.165, 1.54) is 6.07 Å². The molecule has 0 radical (unpaired) electrons. The Hall–Kier alpha value is -2.34. The lowest BCUT2D eigenvalue weighted by atomic mass is 10.2. The fourth-order valence-corrected chi connectivity index (χ4v) is 1.88. The summed E-state index contributed by atoms with van der Waals surface area (Å²) >= 11 is 5.79. The molecule has 0 aliphatic rings. The van der Waals surface area contributed by atoms with Gasteiger partial charge in [-0.15, -0.1) is 0 Å². The molecule has 0 saturated carbocycles. The van der Waals surface area contributed by atoms with E-state index in [-0.39, 0.29) is 0 Å². The third-order valence-electron chi connectivity index (χ3n) is 2.64. The third kappa shape index (κ3) is 2.97. The maximum atomic E-state index is 11.9. The van der Waals surface area contributed by atoms with Crippen LogP contribution in [0.15, 0.2) is 28.8 Å². The number of aromatic nitrogens is 1. The molecule has 0 spiro atoms. The van der Waals surface area contributed by atoms with Crippen molar-refractivity contribution in [1.29, 1.82) is 0 Å². The molecule has 0 atom stereocenters. The first-order chi connectivity index (χ1) is 9.49. The lowest BCUT2D eigenvalue weighted by Gasteiger charge is -2.07. The quantitative estimate of drug-likeness (QED) is 0.830. The van der Waals surface area contributed by atoms with Crippen LogP contribution >= 0.6 is 11.6 Å². The van der Waals surface area contributed by atoms with Gasteiger partial charge in [0.1, 0.15) is 11.3 Å². The summed E-state index contributed by atoms with van der Waals surface area (Å²) in [7, 11) is 0. The number of hydrogen-bond donors (Lipinski definition) is 2. The van der Waals surface area contributed by atoms with Gasteiger partial charge in [0, 0.05) is 10.6 Å². The van der Waals surface area contributed by atoms with Crippen LogP contribution in [-0.4, -0.2) is 17.0 Å². The Labute approximate surface area is 120 Å². The number of amides is 2. The van der Waals surface area contributed by atoms with Crippen molar-refractivity contribution in [2.24, 2.45) is 0 Å². The van der Waals surface area contributed by atoms with Crippen LogP contribution in [0.2, 0.25) is 5.02 Å². The van der Waals surface area contributed by atoms with Crippen molar-refractivity contribution in [3.63, 3.8) is 0 Å². The number of nitrogens with one attached hydrogen (secondary N) is 2. The van der Waals surface area contributed by atoms with Gasteiger partial charge in [-0.05, 0) is 32.0 Å². The van der Waals surface area contributed by atoms with Gasteiger partial charge >= 0.3 is 0 Å². The summed E-state index contributed by atoms with van der Waals surface area (Å²) in [4.78, 5) is 23.7. The highest BCUT2D eigenvalue weighted by atomic mass is 35.5. The van der Waals surface area contributed by atoms with Crippen LogP contribution in [-0.2, 0) is 0 Å². The van der Waals surface area contributed by atoms with Crippen LogP contribution in [0.1, 0.15) is 32.2 Å². The Morgan fingerprint density at radius 1 is 1.20 bits per heavy atom. The van der Waals surface area contributed by atoms with Crippen molar-refractivity contribution < 1.29 is 14.1 Å². The number of halogens is 1. The second-order valence-corrected chi connectivity index (χ2v) is 4.55. The van der Waals surface area contributed by atoms with Gasteiger partial charge in [-0.3, -0.25) is 20.4 Å². The molecule has 6 nitrogen and oxygen atoms in total. The molecule has 0 unspecified atom stereocenters. The summed E-state index contributed by atoms with van der Waals surface area (Å²) < 4.78 is 4.88. The summed E-state index contributed by atoms with van der Waals surface area (Å²) in [5, 5.41) is 4.11. The molecule has 7 heteroatoms. The van der Waals surface area contributed by atoms with Gasteiger partial charge in [-0.2, -0.15) is 0 Å². The molecule has 2 amide bonds. The minimum atomic E-state index is -0.489. The molecule has 1 aromatic heterocycles. The van der Waals surface area contributed by atoms with Gasteiger partial charge in [0.15, 0.2) is 0 Å². The highest BCUT2D eigenvalue weighted by Gasteiger charge is 2.18. The number of rotatable bonds is 2. The normalized spacial score (nSPS) is 10.2. The number of hydrazine groups is 1. The zero-order valence-electron chi connectivity index (χ0n) is 10.9. The molecule has 20 heavy (non-hydrogen) atoms. The Morgan fingerprint density at radius 3 is 2.50 bits per heavy atom.